The van der Waals surface area contributed by atoms with Crippen LogP contribution in [0.4, 0.5) is 0 Å². The van der Waals surface area contributed by atoms with Gasteiger partial charge in [-0.1, -0.05) is 81.0 Å². The molecule has 0 aromatic carbocycles. The van der Waals surface area contributed by atoms with Crippen LogP contribution in [0.2, 0.25) is 0 Å². The molecule has 0 N–H and O–H groups in total. The quantitative estimate of drug-likeness (QED) is 0.290. The van der Waals surface area contributed by atoms with E-state index in [2.05, 4.69) is 45.9 Å². The Morgan fingerprint density at radius 2 is 2.23 bits per heavy atom. The van der Waals surface area contributed by atoms with E-state index in [4.69, 9.17) is 6.85 Å². The average molecular weight is 446 g/mol. The third kappa shape index (κ3) is 3.48. The van der Waals surface area contributed by atoms with E-state index in [1.165, 1.54) is 31.9 Å². The van der Waals surface area contributed by atoms with Gasteiger partial charge in [-0.3, -0.25) is 4.21 Å². The van der Waals surface area contributed by atoms with Crippen molar-refractivity contribution in [1.82, 2.24) is 0 Å². The molecule has 4 aliphatic rings. The lowest BCUT2D eigenvalue weighted by molar-refractivity contribution is 0.0148. The number of allylic oxidation sites excluding steroid dienone is 5. The molecule has 0 aliphatic heterocycles. The highest BCUT2D eigenvalue weighted by Gasteiger charge is 2.57. The topological polar surface area (TPSA) is 26.3 Å². The van der Waals surface area contributed by atoms with Crippen molar-refractivity contribution in [3.63, 3.8) is 0 Å². The first kappa shape index (κ1) is 20.4. The van der Waals surface area contributed by atoms with E-state index in [9.17, 15) is 4.21 Å². The van der Waals surface area contributed by atoms with Gasteiger partial charge in [0, 0.05) is 10.7 Å². The lowest BCUT2D eigenvalue weighted by atomic mass is 9.49. The number of fused-ring (bicyclic) bond motifs is 5. The Bertz CT molecular complexity index is 848. The average Bonchev–Trinajstić information content (AvgIpc) is 3.14. The number of hydrogen-bond acceptors (Lipinski definition) is 3. The van der Waals surface area contributed by atoms with Crippen molar-refractivity contribution in [3.8, 4) is 0 Å². The van der Waals surface area contributed by atoms with Gasteiger partial charge in [-0.05, 0) is 75.0 Å². The molecule has 4 unspecified atom stereocenters. The number of rotatable bonds is 8. The zero-order valence-electron chi connectivity index (χ0n) is 20.9. The first-order valence-corrected chi connectivity index (χ1v) is 13.6. The minimum atomic E-state index is -1.28. The molecule has 0 aromatic rings. The Morgan fingerprint density at radius 3 is 2.97 bits per heavy atom. The zero-order valence-corrected chi connectivity index (χ0v) is 20.5. The first-order valence-electron chi connectivity index (χ1n) is 12.7. The second-order valence-corrected chi connectivity index (χ2v) is 12.1. The molecule has 0 saturated heterocycles. The monoisotopic (exact) mass is 446 g/mol. The maximum absolute atomic E-state index is 12.5. The molecule has 2 nitrogen and oxygen atoms in total. The Kier molecular flexibility index (Phi) is 5.87. The van der Waals surface area contributed by atoms with E-state index >= 15 is 0 Å². The van der Waals surface area contributed by atoms with Gasteiger partial charge in [0.2, 0.25) is 14.2 Å². The van der Waals surface area contributed by atoms with Crippen molar-refractivity contribution in [3.05, 3.63) is 34.9 Å². The van der Waals surface area contributed by atoms with Crippen LogP contribution in [0.5, 0.6) is 0 Å². The highest BCUT2D eigenvalue weighted by atomic mass is 32.2. The second kappa shape index (κ2) is 8.63. The molecule has 0 heterocycles. The fourth-order valence-electron chi connectivity index (χ4n) is 7.36. The van der Waals surface area contributed by atoms with Gasteiger partial charge in [0.1, 0.15) is 0 Å². The molecule has 2 fully saturated rings. The highest BCUT2D eigenvalue weighted by Crippen LogP contribution is 2.65. The second-order valence-electron chi connectivity index (χ2n) is 10.4. The third-order valence-corrected chi connectivity index (χ3v) is 10.4. The first-order chi connectivity index (χ1) is 15.3. The van der Waals surface area contributed by atoms with Crippen LogP contribution in [0, 0.1) is 28.6 Å². The number of hydrogen-bond donors (Lipinski definition) is 0. The molecule has 0 bridgehead atoms. The maximum Gasteiger partial charge on any atom is 0.216 e. The van der Waals surface area contributed by atoms with Crippen LogP contribution in [0.15, 0.2) is 34.9 Å². The minimum absolute atomic E-state index is 0.0818. The SMILES string of the molecule is [3H][B]SO[C@H]1C[C@H](S(=O)[B][3H])CC2=CC=C3C(CC[C@]4(C)C(C(C)CCC)=CCC34)[C@]21C. The van der Waals surface area contributed by atoms with Gasteiger partial charge in [-0.2, -0.15) is 0 Å². The van der Waals surface area contributed by atoms with Crippen molar-refractivity contribution >= 4 is 36.7 Å². The van der Waals surface area contributed by atoms with E-state index in [1.807, 2.05) is 0 Å². The summed E-state index contributed by atoms with van der Waals surface area (Å²) in [5.41, 5.74) is 4.71. The summed E-state index contributed by atoms with van der Waals surface area (Å²) in [6.07, 6.45) is 14.6. The Hall–Kier alpha value is -0.190. The Balaban J connectivity index is 1.67. The van der Waals surface area contributed by atoms with E-state index in [1.54, 1.807) is 11.1 Å². The molecule has 4 aliphatic carbocycles. The van der Waals surface area contributed by atoms with Crippen LogP contribution < -0.4 is 0 Å². The molecule has 8 atom stereocenters. The molecule has 0 aromatic heterocycles. The maximum atomic E-state index is 12.5. The largest absolute Gasteiger partial charge is 0.324 e. The Morgan fingerprint density at radius 1 is 1.40 bits per heavy atom. The fourth-order valence-corrected chi connectivity index (χ4v) is 8.48. The normalized spacial score (nSPS) is 42.9. The smallest absolute Gasteiger partial charge is 0.216 e. The van der Waals surface area contributed by atoms with Gasteiger partial charge in [0.15, 0.2) is 0 Å². The third-order valence-electron chi connectivity index (χ3n) is 9.00. The minimum Gasteiger partial charge on any atom is -0.324 e. The Labute approximate surface area is 195 Å². The van der Waals surface area contributed by atoms with Crippen molar-refractivity contribution in [2.45, 2.75) is 84.0 Å². The predicted octanol–water partition coefficient (Wildman–Crippen LogP) is 5.23. The molecule has 2 saturated carbocycles. The zero-order chi connectivity index (χ0) is 23.1. The molecule has 0 spiro atoms. The summed E-state index contributed by atoms with van der Waals surface area (Å²) in [6, 6.07) is 0. The fraction of sp³-hybridized carbons (Fsp3) is 0.750. The van der Waals surface area contributed by atoms with Gasteiger partial charge in [-0.25, -0.2) is 0 Å². The molecule has 2 radical (unpaired) electrons. The van der Waals surface area contributed by atoms with Crippen LogP contribution >= 0.6 is 11.9 Å². The van der Waals surface area contributed by atoms with Gasteiger partial charge < -0.3 is 4.18 Å². The molecular weight excluding hydrogens is 406 g/mol. The molecule has 6 heteroatoms. The van der Waals surface area contributed by atoms with Crippen molar-refractivity contribution in [2.75, 3.05) is 0 Å². The van der Waals surface area contributed by atoms with Crippen LogP contribution in [0.25, 0.3) is 0 Å². The molecular formula is C24H36B2O2S2. The highest BCUT2D eigenvalue weighted by molar-refractivity contribution is 8.15. The van der Waals surface area contributed by atoms with Crippen molar-refractivity contribution < 1.29 is 8.39 Å². The van der Waals surface area contributed by atoms with Crippen LogP contribution in [0.3, 0.4) is 0 Å². The van der Waals surface area contributed by atoms with E-state index in [-0.39, 0.29) is 22.2 Å². The van der Waals surface area contributed by atoms with E-state index in [0.717, 1.165) is 38.2 Å². The van der Waals surface area contributed by atoms with Gasteiger partial charge in [0.25, 0.3) is 0 Å². The molecule has 4 rings (SSSR count). The summed E-state index contributed by atoms with van der Waals surface area (Å²) in [5, 5.41) is -0.0818. The lowest BCUT2D eigenvalue weighted by Gasteiger charge is -2.57. The van der Waals surface area contributed by atoms with Crippen molar-refractivity contribution in [1.29, 1.82) is 2.67 Å². The standard InChI is InChI=1S/C24H36B2O2S2/c1-5-6-15(2)19-9-10-20-18-8-7-16-13-17(30(26)27)14-22(28-29-25)24(16,4)21(18)11-12-23(19,20)3/h7-9,15,17,20-22,25-26H,5-6,10-14H2,1-4H3/t15?,17-,20?,21?,22+,23-,24+,30?/m1/s1/i25T,26T. The summed E-state index contributed by atoms with van der Waals surface area (Å²) < 4.78 is 33.7. The molecule has 0 amide bonds. The van der Waals surface area contributed by atoms with E-state index < -0.39 is 10.7 Å². The van der Waals surface area contributed by atoms with Crippen LogP contribution in [-0.4, -0.2) is 32.4 Å². The van der Waals surface area contributed by atoms with E-state index in [0.29, 0.717) is 24.2 Å². The van der Waals surface area contributed by atoms with Gasteiger partial charge in [-0.15, -0.1) is 0 Å². The van der Waals surface area contributed by atoms with Crippen LogP contribution in [0.1, 0.15) is 72.6 Å². The molecule has 162 valence electrons. The van der Waals surface area contributed by atoms with Crippen LogP contribution in [-0.2, 0) is 14.8 Å². The molecule has 30 heavy (non-hydrogen) atoms. The summed E-state index contributed by atoms with van der Waals surface area (Å²) >= 11 is 1.09. The van der Waals surface area contributed by atoms with Gasteiger partial charge in [0.05, 0.1) is 6.10 Å². The van der Waals surface area contributed by atoms with Crippen molar-refractivity contribution in [2.24, 2.45) is 28.6 Å². The lowest BCUT2D eigenvalue weighted by Crippen LogP contribution is -2.53. The summed E-state index contributed by atoms with van der Waals surface area (Å²) in [4.78, 5) is 0. The summed E-state index contributed by atoms with van der Waals surface area (Å²) in [6.45, 7) is 9.55. The summed E-state index contributed by atoms with van der Waals surface area (Å²) in [5.74, 6) is 1.65. The summed E-state index contributed by atoms with van der Waals surface area (Å²) in [7, 11) is 1.04. The predicted molar refractivity (Wildman–Crippen MR) is 133 cm³/mol. The van der Waals surface area contributed by atoms with Gasteiger partial charge >= 0.3 is 0 Å².